The zero-order valence-electron chi connectivity index (χ0n) is 18.0. The molecule has 2 rings (SSSR count). The second kappa shape index (κ2) is 16.7. The molecule has 0 aromatic heterocycles. The molecule has 0 aliphatic carbocycles. The molecule has 0 amide bonds. The minimum Gasteiger partial charge on any atom is -0.857 e. The Hall–Kier alpha value is -0.796. The van der Waals surface area contributed by atoms with Gasteiger partial charge in [-0.15, -0.1) is 0 Å². The molecular weight excluding hydrogens is 344 g/mol. The summed E-state index contributed by atoms with van der Waals surface area (Å²) in [6.07, 6.45) is 0. The van der Waals surface area contributed by atoms with E-state index in [9.17, 15) is 0 Å². The van der Waals surface area contributed by atoms with Gasteiger partial charge in [-0.2, -0.15) is 70.9 Å². The molecule has 0 unspecified atom stereocenters. The molecule has 3 heteroatoms. The van der Waals surface area contributed by atoms with Gasteiger partial charge < -0.3 is 10.2 Å². The molecule has 0 N–H and O–H groups in total. The fraction of sp³-hybridized carbons (Fsp3) is 0.500. The average Bonchev–Trinajstić information content (AvgIpc) is 2.96. The Morgan fingerprint density at radius 1 is 0.560 bits per heavy atom. The topological polar surface area (TPSA) is 46.1 Å². The molecule has 2 nitrogen and oxygen atoms in total. The van der Waals surface area contributed by atoms with Crippen molar-refractivity contribution in [2.24, 2.45) is 0 Å². The van der Waals surface area contributed by atoms with Crippen LogP contribution in [0.25, 0.3) is 0 Å². The van der Waals surface area contributed by atoms with Crippen LogP contribution >= 0.6 is 0 Å². The fourth-order valence-electron chi connectivity index (χ4n) is 2.27. The molecule has 142 valence electrons. The maximum atomic E-state index is 8.25. The van der Waals surface area contributed by atoms with Crippen molar-refractivity contribution in [3.05, 3.63) is 56.6 Å². The SMILES string of the molecule is C[CH]=[Ti+2].C[O-].C[O-].Cc1[cH-]c(C)c(C)c1C.Cc1[cH-]c(C)c(C)c1C. The number of rotatable bonds is 0. The van der Waals surface area contributed by atoms with Crippen LogP contribution in [0.4, 0.5) is 0 Å². The van der Waals surface area contributed by atoms with Crippen molar-refractivity contribution in [1.82, 2.24) is 0 Å². The van der Waals surface area contributed by atoms with Gasteiger partial charge in [0, 0.05) is 0 Å². The predicted octanol–water partition coefficient (Wildman–Crippen LogP) is 3.59. The molecule has 2 aromatic rings. The first-order chi connectivity index (χ1) is 11.7. The van der Waals surface area contributed by atoms with E-state index in [1.54, 1.807) is 0 Å². The molecule has 2 aromatic carbocycles. The predicted molar refractivity (Wildman–Crippen MR) is 106 cm³/mol. The van der Waals surface area contributed by atoms with Crippen LogP contribution < -0.4 is 10.2 Å². The molecule has 0 radical (unpaired) electrons. The molecule has 0 spiro atoms. The zero-order valence-corrected chi connectivity index (χ0v) is 19.6. The van der Waals surface area contributed by atoms with E-state index >= 15 is 0 Å². The summed E-state index contributed by atoms with van der Waals surface area (Å²) < 4.78 is 2.00. The summed E-state index contributed by atoms with van der Waals surface area (Å²) in [6, 6.07) is 4.48. The van der Waals surface area contributed by atoms with Crippen molar-refractivity contribution in [1.29, 1.82) is 0 Å². The normalized spacial score (nSPS) is 8.44. The molecule has 0 aliphatic rings. The van der Waals surface area contributed by atoms with E-state index < -0.39 is 0 Å². The quantitative estimate of drug-likeness (QED) is 0.518. The minimum absolute atomic E-state index is 0.750. The first kappa shape index (κ1) is 29.0. The fourth-order valence-corrected chi connectivity index (χ4v) is 2.27. The van der Waals surface area contributed by atoms with Gasteiger partial charge in [0.05, 0.1) is 0 Å². The molecule has 0 bridgehead atoms. The van der Waals surface area contributed by atoms with E-state index in [-0.39, 0.29) is 0 Å². The van der Waals surface area contributed by atoms with Gasteiger partial charge in [-0.25, -0.2) is 0 Å². The van der Waals surface area contributed by atoms with E-state index in [0.29, 0.717) is 0 Å². The summed E-state index contributed by atoms with van der Waals surface area (Å²) in [5.41, 5.74) is 11.5. The molecular formula is C22H36O2Ti-2. The van der Waals surface area contributed by atoms with Crippen molar-refractivity contribution in [2.45, 2.75) is 62.3 Å². The summed E-state index contributed by atoms with van der Waals surface area (Å²) in [5.74, 6) is 0. The molecule has 0 fully saturated rings. The van der Waals surface area contributed by atoms with Crippen LogP contribution in [0.15, 0.2) is 12.1 Å². The summed E-state index contributed by atoms with van der Waals surface area (Å²) in [7, 11) is 1.50. The Labute approximate surface area is 167 Å². The van der Waals surface area contributed by atoms with Crippen molar-refractivity contribution in [2.75, 3.05) is 14.2 Å². The number of hydrogen-bond acceptors (Lipinski definition) is 2. The van der Waals surface area contributed by atoms with Gasteiger partial charge in [0.15, 0.2) is 0 Å². The third-order valence-corrected chi connectivity index (χ3v) is 4.36. The Morgan fingerprint density at radius 3 is 0.720 bits per heavy atom. The van der Waals surface area contributed by atoms with E-state index in [1.165, 1.54) is 44.5 Å². The maximum Gasteiger partial charge on any atom is -0.0632 e. The molecule has 0 saturated carbocycles. The van der Waals surface area contributed by atoms with E-state index in [4.69, 9.17) is 10.2 Å². The molecule has 0 saturated heterocycles. The van der Waals surface area contributed by atoms with Crippen molar-refractivity contribution >= 4 is 4.31 Å². The number of hydrogen-bond donors (Lipinski definition) is 0. The van der Waals surface area contributed by atoms with Gasteiger partial charge in [-0.3, -0.25) is 0 Å². The third-order valence-electron chi connectivity index (χ3n) is 4.36. The van der Waals surface area contributed by atoms with Crippen LogP contribution in [-0.4, -0.2) is 18.5 Å². The summed E-state index contributed by atoms with van der Waals surface area (Å²) in [4.78, 5) is 0. The Kier molecular flexibility index (Phi) is 19.3. The van der Waals surface area contributed by atoms with Gasteiger partial charge in [0.1, 0.15) is 0 Å². The smallest absolute Gasteiger partial charge is 0.0632 e. The second-order valence-electron chi connectivity index (χ2n) is 5.81. The first-order valence-corrected chi connectivity index (χ1v) is 9.24. The van der Waals surface area contributed by atoms with Crippen LogP contribution in [0.3, 0.4) is 0 Å². The Balaban J connectivity index is -0.000000287. The van der Waals surface area contributed by atoms with Gasteiger partial charge >= 0.3 is 31.2 Å². The van der Waals surface area contributed by atoms with E-state index in [2.05, 4.69) is 67.5 Å². The van der Waals surface area contributed by atoms with Gasteiger partial charge in [-0.1, -0.05) is 55.4 Å². The van der Waals surface area contributed by atoms with Gasteiger partial charge in [0.25, 0.3) is 0 Å². The van der Waals surface area contributed by atoms with Crippen LogP contribution in [0, 0.1) is 55.4 Å². The van der Waals surface area contributed by atoms with Crippen molar-refractivity contribution < 1.29 is 30.2 Å². The van der Waals surface area contributed by atoms with Gasteiger partial charge in [0.2, 0.25) is 0 Å². The summed E-state index contributed by atoms with van der Waals surface area (Å²) in [6.45, 7) is 19.4. The summed E-state index contributed by atoms with van der Waals surface area (Å²) in [5, 5.41) is 16.5. The van der Waals surface area contributed by atoms with Crippen LogP contribution in [0.2, 0.25) is 0 Å². The minimum atomic E-state index is 0.750. The van der Waals surface area contributed by atoms with Crippen LogP contribution in [0.5, 0.6) is 0 Å². The molecule has 0 heterocycles. The largest absolute Gasteiger partial charge is 0.857 e. The zero-order chi connectivity index (χ0) is 20.7. The molecule has 0 aliphatic heterocycles. The third kappa shape index (κ3) is 10.7. The van der Waals surface area contributed by atoms with Crippen molar-refractivity contribution in [3.63, 3.8) is 0 Å². The van der Waals surface area contributed by atoms with Crippen LogP contribution in [0.1, 0.15) is 51.4 Å². The summed E-state index contributed by atoms with van der Waals surface area (Å²) >= 11 is 2.00. The van der Waals surface area contributed by atoms with E-state index in [0.717, 1.165) is 14.2 Å². The first-order valence-electron chi connectivity index (χ1n) is 8.34. The Bertz CT molecular complexity index is 494. The number of aryl methyl sites for hydroxylation is 4. The molecule has 25 heavy (non-hydrogen) atoms. The standard InChI is InChI=1S/2C9H13.C2H4.2CH3O.Ti/c2*1-6-5-7(2)9(4)8(6)3;3*1-2;/h2*5H,1-4H3;1H,2H3;2*1H3;/q2*-1;;2*-1;+2. The molecule has 0 atom stereocenters. The maximum absolute atomic E-state index is 8.25. The van der Waals surface area contributed by atoms with Crippen molar-refractivity contribution in [3.8, 4) is 0 Å². The average molecular weight is 380 g/mol. The van der Waals surface area contributed by atoms with Crippen LogP contribution in [-0.2, 0) is 20.0 Å². The second-order valence-corrected chi connectivity index (χ2v) is 6.71. The monoisotopic (exact) mass is 380 g/mol. The Morgan fingerprint density at radius 2 is 0.680 bits per heavy atom. The van der Waals surface area contributed by atoms with Gasteiger partial charge in [-0.05, 0) is 0 Å². The van der Waals surface area contributed by atoms with E-state index in [1.807, 2.05) is 31.2 Å².